The quantitative estimate of drug-likeness (QED) is 0.429. The monoisotopic (exact) mass is 446 g/mol. The maximum absolute atomic E-state index is 11.8. The molecule has 0 aromatic carbocycles. The molecular formula is C25H38N2O5. The van der Waals surface area contributed by atoms with Crippen LogP contribution < -0.4 is 0 Å². The Morgan fingerprint density at radius 2 is 1.94 bits per heavy atom. The molecule has 4 aliphatic rings. The molecule has 178 valence electrons. The summed E-state index contributed by atoms with van der Waals surface area (Å²) in [5, 5.41) is 41.6. The number of aliphatic hydroxyl groups is 3. The Morgan fingerprint density at radius 3 is 2.62 bits per heavy atom. The van der Waals surface area contributed by atoms with E-state index in [1.54, 1.807) is 0 Å². The van der Waals surface area contributed by atoms with Crippen LogP contribution in [0.5, 0.6) is 0 Å². The number of oxime groups is 2. The largest absolute Gasteiger partial charge is 0.396 e. The lowest BCUT2D eigenvalue weighted by Crippen LogP contribution is -2.61. The lowest BCUT2D eigenvalue weighted by atomic mass is 9.46. The first-order valence-electron chi connectivity index (χ1n) is 12.1. The molecule has 0 unspecified atom stereocenters. The van der Waals surface area contributed by atoms with Gasteiger partial charge in [0.15, 0.2) is 0 Å². The third kappa shape index (κ3) is 3.35. The normalized spacial score (nSPS) is 44.5. The second-order valence-corrected chi connectivity index (χ2v) is 10.3. The van der Waals surface area contributed by atoms with Gasteiger partial charge in [0.2, 0.25) is 0 Å². The average Bonchev–Trinajstić information content (AvgIpc) is 3.03. The van der Waals surface area contributed by atoms with Gasteiger partial charge in [-0.15, -0.1) is 0 Å². The van der Waals surface area contributed by atoms with Crippen LogP contribution in [0.3, 0.4) is 0 Å². The van der Waals surface area contributed by atoms with Gasteiger partial charge in [-0.3, -0.25) is 0 Å². The summed E-state index contributed by atoms with van der Waals surface area (Å²) in [6.07, 6.45) is 9.50. The van der Waals surface area contributed by atoms with E-state index in [1.807, 2.05) is 19.9 Å². The summed E-state index contributed by atoms with van der Waals surface area (Å²) >= 11 is 0. The third-order valence-corrected chi connectivity index (χ3v) is 8.89. The van der Waals surface area contributed by atoms with E-state index >= 15 is 0 Å². The SMILES string of the molecule is CCO/N=C1/C=C[C@@]2(C)C(=C1)CC[C@H]1[C@@H]2[C@@H](O)C[C@@]2(C)[C@H]1CC[C@]2(O)/C(CO)=N\OCC. The van der Waals surface area contributed by atoms with Crippen molar-refractivity contribution >= 4 is 11.4 Å². The minimum Gasteiger partial charge on any atom is -0.396 e. The van der Waals surface area contributed by atoms with Gasteiger partial charge in [-0.1, -0.05) is 35.8 Å². The predicted molar refractivity (Wildman–Crippen MR) is 123 cm³/mol. The van der Waals surface area contributed by atoms with Crippen molar-refractivity contribution in [1.82, 2.24) is 0 Å². The Kier molecular flexibility index (Phi) is 6.29. The van der Waals surface area contributed by atoms with Gasteiger partial charge in [0.05, 0.1) is 12.7 Å². The van der Waals surface area contributed by atoms with Gasteiger partial charge < -0.3 is 25.0 Å². The Balaban J connectivity index is 1.67. The minimum absolute atomic E-state index is 0.0780. The highest BCUT2D eigenvalue weighted by molar-refractivity contribution is 6.05. The van der Waals surface area contributed by atoms with E-state index in [-0.39, 0.29) is 35.5 Å². The van der Waals surface area contributed by atoms with Crippen LogP contribution >= 0.6 is 0 Å². The van der Waals surface area contributed by atoms with E-state index in [0.29, 0.717) is 26.1 Å². The molecule has 7 nitrogen and oxygen atoms in total. The van der Waals surface area contributed by atoms with Crippen molar-refractivity contribution in [3.63, 3.8) is 0 Å². The van der Waals surface area contributed by atoms with Crippen molar-refractivity contribution in [3.05, 3.63) is 23.8 Å². The minimum atomic E-state index is -1.27. The summed E-state index contributed by atoms with van der Waals surface area (Å²) in [5.41, 5.74) is 0.322. The molecule has 0 aliphatic heterocycles. The maximum Gasteiger partial charge on any atom is 0.115 e. The van der Waals surface area contributed by atoms with Crippen molar-refractivity contribution in [2.75, 3.05) is 19.8 Å². The fourth-order valence-corrected chi connectivity index (χ4v) is 7.39. The van der Waals surface area contributed by atoms with E-state index in [9.17, 15) is 15.3 Å². The summed E-state index contributed by atoms with van der Waals surface area (Å²) < 4.78 is 0. The summed E-state index contributed by atoms with van der Waals surface area (Å²) in [6.45, 7) is 8.60. The van der Waals surface area contributed by atoms with Gasteiger partial charge in [0.1, 0.15) is 30.2 Å². The molecule has 0 aromatic rings. The summed E-state index contributed by atoms with van der Waals surface area (Å²) in [7, 11) is 0. The summed E-state index contributed by atoms with van der Waals surface area (Å²) in [5.74, 6) is 0.598. The third-order valence-electron chi connectivity index (χ3n) is 8.89. The van der Waals surface area contributed by atoms with E-state index in [2.05, 4.69) is 36.3 Å². The smallest absolute Gasteiger partial charge is 0.115 e. The highest BCUT2D eigenvalue weighted by atomic mass is 16.6. The van der Waals surface area contributed by atoms with Crippen molar-refractivity contribution in [2.24, 2.45) is 38.9 Å². The van der Waals surface area contributed by atoms with E-state index in [4.69, 9.17) is 9.68 Å². The van der Waals surface area contributed by atoms with E-state index in [0.717, 1.165) is 25.0 Å². The molecule has 4 rings (SSSR count). The van der Waals surface area contributed by atoms with Crippen molar-refractivity contribution in [2.45, 2.75) is 71.5 Å². The van der Waals surface area contributed by atoms with Crippen molar-refractivity contribution in [1.29, 1.82) is 0 Å². The molecule has 7 atom stereocenters. The van der Waals surface area contributed by atoms with E-state index in [1.165, 1.54) is 5.57 Å². The molecule has 3 fully saturated rings. The molecular weight excluding hydrogens is 408 g/mol. The molecule has 0 bridgehead atoms. The van der Waals surface area contributed by atoms with Gasteiger partial charge >= 0.3 is 0 Å². The van der Waals surface area contributed by atoms with Crippen molar-refractivity contribution < 1.29 is 25.0 Å². The van der Waals surface area contributed by atoms with Crippen molar-refractivity contribution in [3.8, 4) is 0 Å². The van der Waals surface area contributed by atoms with Crippen LogP contribution in [0, 0.1) is 28.6 Å². The molecule has 0 aromatic heterocycles. The van der Waals surface area contributed by atoms with Gasteiger partial charge in [-0.05, 0) is 69.9 Å². The highest BCUT2D eigenvalue weighted by Gasteiger charge is 2.67. The number of aliphatic hydroxyl groups excluding tert-OH is 2. The van der Waals surface area contributed by atoms with Crippen LogP contribution in [-0.4, -0.2) is 58.3 Å². The standard InChI is InChI=1S/C25H38N2O5/c1-5-31-26-17-9-11-23(3)16(13-17)7-8-18-19-10-12-25(30,21(15-28)27-32-6-2)24(19,4)14-20(29)22(18)23/h9,11,13,18-20,22,28-30H,5-8,10,12,14-15H2,1-4H3/b26-17-,27-21-/t18-,19+,20+,22-,23+,24+,25+/m1/s1. The van der Waals surface area contributed by atoms with Crippen LogP contribution in [0.2, 0.25) is 0 Å². The molecule has 0 amide bonds. The fourth-order valence-electron chi connectivity index (χ4n) is 7.39. The average molecular weight is 447 g/mol. The zero-order valence-corrected chi connectivity index (χ0v) is 19.8. The Bertz CT molecular complexity index is 851. The first-order valence-corrected chi connectivity index (χ1v) is 12.1. The summed E-state index contributed by atoms with van der Waals surface area (Å²) in [4.78, 5) is 10.5. The maximum atomic E-state index is 11.8. The second kappa shape index (κ2) is 8.58. The van der Waals surface area contributed by atoms with Gasteiger partial charge in [-0.25, -0.2) is 0 Å². The topological polar surface area (TPSA) is 104 Å². The predicted octanol–water partition coefficient (Wildman–Crippen LogP) is 3.20. The van der Waals surface area contributed by atoms with Gasteiger partial charge in [0, 0.05) is 16.7 Å². The van der Waals surface area contributed by atoms with Gasteiger partial charge in [-0.2, -0.15) is 0 Å². The Labute approximate surface area is 190 Å². The fraction of sp³-hybridized carbons (Fsp3) is 0.760. The molecule has 0 spiro atoms. The number of hydrogen-bond donors (Lipinski definition) is 3. The number of hydrogen-bond acceptors (Lipinski definition) is 7. The van der Waals surface area contributed by atoms with Crippen LogP contribution in [-0.2, 0) is 9.68 Å². The van der Waals surface area contributed by atoms with Crippen LogP contribution in [0.1, 0.15) is 59.8 Å². The molecule has 7 heteroatoms. The Morgan fingerprint density at radius 1 is 1.19 bits per heavy atom. The number of rotatable bonds is 6. The van der Waals surface area contributed by atoms with Gasteiger partial charge in [0.25, 0.3) is 0 Å². The molecule has 0 heterocycles. The Hall–Kier alpha value is -1.70. The van der Waals surface area contributed by atoms with Crippen LogP contribution in [0.25, 0.3) is 0 Å². The van der Waals surface area contributed by atoms with E-state index < -0.39 is 17.1 Å². The lowest BCUT2D eigenvalue weighted by Gasteiger charge is -2.59. The first kappa shape index (κ1) is 23.5. The molecule has 3 N–H and O–H groups in total. The van der Waals surface area contributed by atoms with Crippen LogP contribution in [0.4, 0.5) is 0 Å². The lowest BCUT2D eigenvalue weighted by molar-refractivity contribution is -0.144. The second-order valence-electron chi connectivity index (χ2n) is 10.3. The molecule has 0 saturated heterocycles. The first-order chi connectivity index (χ1) is 15.2. The zero-order chi connectivity index (χ0) is 23.1. The number of nitrogens with zero attached hydrogens (tertiary/aromatic N) is 2. The number of fused-ring (bicyclic) bond motifs is 5. The number of allylic oxidation sites excluding steroid dienone is 4. The summed E-state index contributed by atoms with van der Waals surface area (Å²) in [6, 6.07) is 0. The molecule has 32 heavy (non-hydrogen) atoms. The molecule has 0 radical (unpaired) electrons. The van der Waals surface area contributed by atoms with Crippen LogP contribution in [0.15, 0.2) is 34.1 Å². The zero-order valence-electron chi connectivity index (χ0n) is 19.8. The molecule has 3 saturated carbocycles. The highest BCUT2D eigenvalue weighted by Crippen LogP contribution is 2.67. The molecule has 4 aliphatic carbocycles.